The largest absolute Gasteiger partial charge is 0.380 e. The number of amides is 1. The van der Waals surface area contributed by atoms with Crippen molar-refractivity contribution in [1.82, 2.24) is 14.8 Å². The van der Waals surface area contributed by atoms with Crippen LogP contribution in [0.25, 0.3) is 0 Å². The number of morpholine rings is 1. The summed E-state index contributed by atoms with van der Waals surface area (Å²) in [4.78, 5) is 21.3. The minimum atomic E-state index is -0.154. The van der Waals surface area contributed by atoms with Gasteiger partial charge in [0.05, 0.1) is 25.2 Å². The van der Waals surface area contributed by atoms with Crippen molar-refractivity contribution >= 4 is 5.91 Å². The third kappa shape index (κ3) is 3.86. The van der Waals surface area contributed by atoms with E-state index in [1.807, 2.05) is 17.0 Å². The predicted octanol–water partition coefficient (Wildman–Crippen LogP) is 1.11. The predicted molar refractivity (Wildman–Crippen MR) is 93.2 cm³/mol. The van der Waals surface area contributed by atoms with Crippen molar-refractivity contribution in [3.63, 3.8) is 0 Å². The molecule has 0 aromatic carbocycles. The van der Waals surface area contributed by atoms with Gasteiger partial charge in [0.15, 0.2) is 0 Å². The number of aromatic nitrogens is 1. The molecule has 0 N–H and O–H groups in total. The lowest BCUT2D eigenvalue weighted by atomic mass is 9.88. The van der Waals surface area contributed by atoms with E-state index in [1.165, 1.54) is 0 Å². The zero-order chi connectivity index (χ0) is 17.1. The van der Waals surface area contributed by atoms with Crippen molar-refractivity contribution in [3.05, 3.63) is 30.1 Å². The Bertz CT molecular complexity index is 581. The van der Waals surface area contributed by atoms with Gasteiger partial charge in [-0.25, -0.2) is 0 Å². The number of likely N-dealkylation sites (tertiary alicyclic amines) is 1. The second-order valence-electron chi connectivity index (χ2n) is 7.44. The molecule has 3 aliphatic heterocycles. The maximum absolute atomic E-state index is 12.7. The summed E-state index contributed by atoms with van der Waals surface area (Å²) < 4.78 is 11.7. The Morgan fingerprint density at radius 2 is 2.16 bits per heavy atom. The van der Waals surface area contributed by atoms with Gasteiger partial charge in [-0.1, -0.05) is 6.07 Å². The molecule has 1 aromatic heterocycles. The van der Waals surface area contributed by atoms with Crippen molar-refractivity contribution in [1.29, 1.82) is 0 Å². The van der Waals surface area contributed by atoms with Gasteiger partial charge in [-0.3, -0.25) is 14.7 Å². The summed E-state index contributed by atoms with van der Waals surface area (Å²) >= 11 is 0. The van der Waals surface area contributed by atoms with E-state index in [0.717, 1.165) is 57.7 Å². The number of carbonyl (C=O) groups excluding carboxylic acids is 1. The molecule has 3 saturated heterocycles. The minimum absolute atomic E-state index is 0.154. The summed E-state index contributed by atoms with van der Waals surface area (Å²) in [6.07, 6.45) is 7.08. The highest BCUT2D eigenvalue weighted by molar-refractivity contribution is 5.78. The molecule has 1 spiro atoms. The number of hydrogen-bond donors (Lipinski definition) is 0. The molecule has 6 heteroatoms. The zero-order valence-corrected chi connectivity index (χ0v) is 14.7. The van der Waals surface area contributed by atoms with Crippen molar-refractivity contribution < 1.29 is 14.3 Å². The maximum atomic E-state index is 12.7. The molecule has 4 heterocycles. The van der Waals surface area contributed by atoms with Crippen LogP contribution >= 0.6 is 0 Å². The smallest absolute Gasteiger partial charge is 0.227 e. The van der Waals surface area contributed by atoms with E-state index in [4.69, 9.17) is 9.47 Å². The Hall–Kier alpha value is -1.50. The van der Waals surface area contributed by atoms with Crippen LogP contribution in [0.5, 0.6) is 0 Å². The lowest BCUT2D eigenvalue weighted by Gasteiger charge is -2.48. The van der Waals surface area contributed by atoms with Gasteiger partial charge in [-0.2, -0.15) is 0 Å². The quantitative estimate of drug-likeness (QED) is 0.821. The van der Waals surface area contributed by atoms with Crippen molar-refractivity contribution in [3.8, 4) is 0 Å². The van der Waals surface area contributed by atoms with Gasteiger partial charge in [0.1, 0.15) is 0 Å². The van der Waals surface area contributed by atoms with Crippen LogP contribution in [0.1, 0.15) is 24.8 Å². The minimum Gasteiger partial charge on any atom is -0.380 e. The first-order chi connectivity index (χ1) is 12.2. The number of carbonyl (C=O) groups is 1. The van der Waals surface area contributed by atoms with Crippen LogP contribution in [0.2, 0.25) is 0 Å². The molecule has 0 aliphatic carbocycles. The van der Waals surface area contributed by atoms with Gasteiger partial charge in [0.2, 0.25) is 5.91 Å². The molecule has 4 rings (SSSR count). The van der Waals surface area contributed by atoms with E-state index < -0.39 is 0 Å². The number of ether oxygens (including phenoxy) is 2. The Kier molecular flexibility index (Phi) is 5.01. The van der Waals surface area contributed by atoms with E-state index in [0.29, 0.717) is 25.6 Å². The molecular weight excluding hydrogens is 318 g/mol. The monoisotopic (exact) mass is 345 g/mol. The molecule has 0 saturated carbocycles. The summed E-state index contributed by atoms with van der Waals surface area (Å²) in [6.45, 7) is 5.90. The highest BCUT2D eigenvalue weighted by Crippen LogP contribution is 2.32. The molecule has 0 bridgehead atoms. The average Bonchev–Trinajstić information content (AvgIpc) is 3.18. The Balaban J connectivity index is 1.34. The molecule has 136 valence electrons. The van der Waals surface area contributed by atoms with Crippen molar-refractivity contribution in [2.24, 2.45) is 0 Å². The van der Waals surface area contributed by atoms with E-state index >= 15 is 0 Å². The Morgan fingerprint density at radius 3 is 2.88 bits per heavy atom. The standard InChI is InChI=1S/C19H27N3O3/c23-18(12-16-2-1-6-20-13-16)22-9-11-25-19(15-22)4-7-21(8-5-19)17-3-10-24-14-17/h1-2,6,13,17H,3-5,7-12,14-15H2/t17-/m1/s1. The molecular formula is C19H27N3O3. The van der Waals surface area contributed by atoms with Gasteiger partial charge < -0.3 is 14.4 Å². The number of rotatable bonds is 3. The number of piperidine rings is 1. The normalized spacial score (nSPS) is 26.9. The summed E-state index contributed by atoms with van der Waals surface area (Å²) in [5.74, 6) is 0.183. The van der Waals surface area contributed by atoms with Gasteiger partial charge in [-0.15, -0.1) is 0 Å². The van der Waals surface area contributed by atoms with Crippen LogP contribution in [0, 0.1) is 0 Å². The summed E-state index contributed by atoms with van der Waals surface area (Å²) in [6, 6.07) is 4.42. The molecule has 0 radical (unpaired) electrons. The fraction of sp³-hybridized carbons (Fsp3) is 0.684. The van der Waals surface area contributed by atoms with Gasteiger partial charge in [0, 0.05) is 51.2 Å². The first-order valence-electron chi connectivity index (χ1n) is 9.37. The van der Waals surface area contributed by atoms with E-state index in [1.54, 1.807) is 12.4 Å². The summed E-state index contributed by atoms with van der Waals surface area (Å²) in [7, 11) is 0. The summed E-state index contributed by atoms with van der Waals surface area (Å²) in [5.41, 5.74) is 0.822. The van der Waals surface area contributed by atoms with Crippen molar-refractivity contribution in [2.75, 3.05) is 46.0 Å². The van der Waals surface area contributed by atoms with Gasteiger partial charge >= 0.3 is 0 Å². The van der Waals surface area contributed by atoms with Crippen LogP contribution in [0.3, 0.4) is 0 Å². The Labute approximate surface area is 149 Å². The first kappa shape index (κ1) is 16.9. The van der Waals surface area contributed by atoms with Crippen LogP contribution in [-0.4, -0.2) is 78.3 Å². The fourth-order valence-corrected chi connectivity index (χ4v) is 4.26. The van der Waals surface area contributed by atoms with Gasteiger partial charge in [0.25, 0.3) is 0 Å². The molecule has 0 unspecified atom stereocenters. The van der Waals surface area contributed by atoms with Crippen LogP contribution in [0.4, 0.5) is 0 Å². The summed E-state index contributed by atoms with van der Waals surface area (Å²) in [5, 5.41) is 0. The Morgan fingerprint density at radius 1 is 1.28 bits per heavy atom. The number of hydrogen-bond acceptors (Lipinski definition) is 5. The average molecular weight is 345 g/mol. The third-order valence-electron chi connectivity index (χ3n) is 5.81. The van der Waals surface area contributed by atoms with Crippen molar-refractivity contribution in [2.45, 2.75) is 37.3 Å². The SMILES string of the molecule is O=C(Cc1cccnc1)N1CCOC2(CCN([C@@H]3CCOC3)CC2)C1. The van der Waals surface area contributed by atoms with E-state index in [-0.39, 0.29) is 11.5 Å². The van der Waals surface area contributed by atoms with Gasteiger partial charge in [-0.05, 0) is 30.9 Å². The lowest BCUT2D eigenvalue weighted by Crippen LogP contribution is -2.59. The molecule has 1 aromatic rings. The fourth-order valence-electron chi connectivity index (χ4n) is 4.26. The number of nitrogens with zero attached hydrogens (tertiary/aromatic N) is 3. The number of pyridine rings is 1. The highest BCUT2D eigenvalue weighted by Gasteiger charge is 2.42. The van der Waals surface area contributed by atoms with E-state index in [9.17, 15) is 4.79 Å². The molecule has 6 nitrogen and oxygen atoms in total. The topological polar surface area (TPSA) is 54.9 Å². The van der Waals surface area contributed by atoms with Crippen LogP contribution < -0.4 is 0 Å². The van der Waals surface area contributed by atoms with E-state index in [2.05, 4.69) is 9.88 Å². The van der Waals surface area contributed by atoms with Crippen LogP contribution in [-0.2, 0) is 20.7 Å². The second kappa shape index (κ2) is 7.40. The second-order valence-corrected chi connectivity index (χ2v) is 7.44. The third-order valence-corrected chi connectivity index (χ3v) is 5.81. The first-order valence-corrected chi connectivity index (χ1v) is 9.37. The molecule has 25 heavy (non-hydrogen) atoms. The molecule has 3 aliphatic rings. The zero-order valence-electron chi connectivity index (χ0n) is 14.7. The highest BCUT2D eigenvalue weighted by atomic mass is 16.5. The lowest BCUT2D eigenvalue weighted by molar-refractivity contribution is -0.160. The maximum Gasteiger partial charge on any atom is 0.227 e. The molecule has 3 fully saturated rings. The van der Waals surface area contributed by atoms with Crippen LogP contribution in [0.15, 0.2) is 24.5 Å². The molecule has 1 amide bonds. The molecule has 1 atom stereocenters.